The number of thioether (sulfide) groups is 1. The Morgan fingerprint density at radius 1 is 1.20 bits per heavy atom. The average Bonchev–Trinajstić information content (AvgIpc) is 2.87. The Kier molecular flexibility index (Phi) is 11.7. The van der Waals surface area contributed by atoms with E-state index in [1.807, 2.05) is 12.1 Å². The third kappa shape index (κ3) is 9.74. The molecule has 1 aliphatic carbocycles. The molecule has 0 aliphatic heterocycles. The maximum Gasteiger partial charge on any atom is 0.254 e. The Hall–Kier alpha value is -2.23. The molecule has 0 saturated heterocycles. The molecular formula is C26H39N5O3S. The highest BCUT2D eigenvalue weighted by atomic mass is 32.2. The molecule has 0 radical (unpaired) electrons. The van der Waals surface area contributed by atoms with Crippen molar-refractivity contribution < 1.29 is 15.0 Å². The molecule has 1 amide bonds. The largest absolute Gasteiger partial charge is 0.370 e. The first kappa shape index (κ1) is 27.4. The smallest absolute Gasteiger partial charge is 0.254 e. The molecular weight excluding hydrogens is 462 g/mol. The summed E-state index contributed by atoms with van der Waals surface area (Å²) in [6, 6.07) is 3.99. The number of carbonyl (C=O) groups is 1. The van der Waals surface area contributed by atoms with Crippen molar-refractivity contribution in [2.24, 2.45) is 5.92 Å². The lowest BCUT2D eigenvalue weighted by Crippen LogP contribution is -2.36. The summed E-state index contributed by atoms with van der Waals surface area (Å²) in [4.78, 5) is 26.3. The summed E-state index contributed by atoms with van der Waals surface area (Å²) in [5, 5.41) is 25.8. The van der Waals surface area contributed by atoms with E-state index in [1.54, 1.807) is 30.4 Å². The molecule has 1 saturated carbocycles. The number of nitrogens with one attached hydrogen (secondary N) is 2. The van der Waals surface area contributed by atoms with Crippen LogP contribution in [0.3, 0.4) is 0 Å². The molecule has 3 rings (SSSR count). The minimum Gasteiger partial charge on any atom is -0.370 e. The van der Waals surface area contributed by atoms with Crippen LogP contribution >= 0.6 is 11.8 Å². The summed E-state index contributed by atoms with van der Waals surface area (Å²) in [6.07, 6.45) is 13.4. The number of aliphatic hydroxyl groups is 2. The number of carbonyl (C=O) groups excluding carboxylic acids is 1. The topological polar surface area (TPSA) is 120 Å². The third-order valence-electron chi connectivity index (χ3n) is 6.48. The molecule has 0 aromatic carbocycles. The monoisotopic (exact) mass is 501 g/mol. The Balaban J connectivity index is 1.60. The zero-order valence-electron chi connectivity index (χ0n) is 20.7. The van der Waals surface area contributed by atoms with Gasteiger partial charge in [-0.3, -0.25) is 14.8 Å². The molecule has 1 aliphatic rings. The fraction of sp³-hybridized carbons (Fsp3) is 0.615. The van der Waals surface area contributed by atoms with E-state index in [4.69, 9.17) is 4.98 Å². The first-order valence-corrected chi connectivity index (χ1v) is 13.8. The quantitative estimate of drug-likeness (QED) is 0.173. The number of aromatic nitrogens is 3. The first-order chi connectivity index (χ1) is 17.0. The molecule has 9 heteroatoms. The molecule has 2 aromatic rings. The Labute approximate surface area is 212 Å². The summed E-state index contributed by atoms with van der Waals surface area (Å²) < 4.78 is 0. The predicted molar refractivity (Wildman–Crippen MR) is 139 cm³/mol. The number of amides is 1. The second-order valence-corrected chi connectivity index (χ2v) is 10.3. The average molecular weight is 502 g/mol. The lowest BCUT2D eigenvalue weighted by atomic mass is 9.95. The van der Waals surface area contributed by atoms with E-state index in [2.05, 4.69) is 27.5 Å². The Bertz CT molecular complexity index is 894. The van der Waals surface area contributed by atoms with Gasteiger partial charge >= 0.3 is 0 Å². The van der Waals surface area contributed by atoms with Crippen LogP contribution in [0.25, 0.3) is 0 Å². The van der Waals surface area contributed by atoms with Crippen LogP contribution in [0.4, 0.5) is 5.82 Å². The van der Waals surface area contributed by atoms with Gasteiger partial charge in [-0.05, 0) is 43.7 Å². The maximum atomic E-state index is 13.1. The van der Waals surface area contributed by atoms with Gasteiger partial charge in [0.05, 0.1) is 11.3 Å². The second-order valence-electron chi connectivity index (χ2n) is 9.21. The van der Waals surface area contributed by atoms with Gasteiger partial charge in [-0.1, -0.05) is 32.6 Å². The van der Waals surface area contributed by atoms with Crippen LogP contribution < -0.4 is 10.6 Å². The van der Waals surface area contributed by atoms with Gasteiger partial charge in [0.25, 0.3) is 5.91 Å². The van der Waals surface area contributed by atoms with Gasteiger partial charge in [0.15, 0.2) is 6.29 Å². The van der Waals surface area contributed by atoms with E-state index in [0.29, 0.717) is 17.9 Å². The molecule has 2 aromatic heterocycles. The molecule has 4 N–H and O–H groups in total. The highest BCUT2D eigenvalue weighted by Gasteiger charge is 2.20. The number of aryl methyl sites for hydroxylation is 1. The van der Waals surface area contributed by atoms with Gasteiger partial charge in [0.1, 0.15) is 10.8 Å². The summed E-state index contributed by atoms with van der Waals surface area (Å²) in [5.74, 6) is 1.74. The van der Waals surface area contributed by atoms with Crippen LogP contribution in [-0.4, -0.2) is 55.7 Å². The highest BCUT2D eigenvalue weighted by Crippen LogP contribution is 2.25. The number of hydrogen-bond acceptors (Lipinski definition) is 8. The van der Waals surface area contributed by atoms with E-state index < -0.39 is 6.29 Å². The van der Waals surface area contributed by atoms with Gasteiger partial charge in [-0.15, -0.1) is 11.8 Å². The molecule has 1 atom stereocenters. The van der Waals surface area contributed by atoms with E-state index >= 15 is 0 Å². The zero-order valence-corrected chi connectivity index (χ0v) is 21.5. The summed E-state index contributed by atoms with van der Waals surface area (Å²) in [7, 11) is 0. The Morgan fingerprint density at radius 3 is 2.74 bits per heavy atom. The second kappa shape index (κ2) is 15.0. The van der Waals surface area contributed by atoms with Crippen molar-refractivity contribution in [2.45, 2.75) is 88.5 Å². The molecule has 0 bridgehead atoms. The summed E-state index contributed by atoms with van der Waals surface area (Å²) >= 11 is 1.57. The van der Waals surface area contributed by atoms with Crippen LogP contribution in [0.15, 0.2) is 35.7 Å². The number of nitrogens with zero attached hydrogens (tertiary/aromatic N) is 3. The van der Waals surface area contributed by atoms with Crippen molar-refractivity contribution in [2.75, 3.05) is 17.6 Å². The lowest BCUT2D eigenvalue weighted by Gasteiger charge is -2.23. The highest BCUT2D eigenvalue weighted by molar-refractivity contribution is 7.99. The summed E-state index contributed by atoms with van der Waals surface area (Å²) in [5.41, 5.74) is 1.54. The lowest BCUT2D eigenvalue weighted by molar-refractivity contribution is -0.0570. The minimum absolute atomic E-state index is 0.0497. The van der Waals surface area contributed by atoms with Gasteiger partial charge in [0, 0.05) is 49.8 Å². The zero-order chi connectivity index (χ0) is 24.9. The molecule has 1 fully saturated rings. The van der Waals surface area contributed by atoms with Crippen molar-refractivity contribution in [3.63, 3.8) is 0 Å². The number of rotatable bonds is 14. The number of pyridine rings is 1. The SMILES string of the molecule is CCC(CCCNc1ccc(C(=O)NC2CCCCC2)c(SCCc2cnccn2)n1)CC(O)O. The fourth-order valence-corrected chi connectivity index (χ4v) is 5.42. The minimum atomic E-state index is -1.25. The van der Waals surface area contributed by atoms with Crippen molar-refractivity contribution in [1.82, 2.24) is 20.3 Å². The number of anilines is 1. The van der Waals surface area contributed by atoms with Crippen LogP contribution in [0, 0.1) is 5.92 Å². The maximum absolute atomic E-state index is 13.1. The molecule has 192 valence electrons. The van der Waals surface area contributed by atoms with E-state index in [-0.39, 0.29) is 11.9 Å². The molecule has 1 unspecified atom stereocenters. The first-order valence-electron chi connectivity index (χ1n) is 12.8. The fourth-order valence-electron chi connectivity index (χ4n) is 4.44. The van der Waals surface area contributed by atoms with Crippen molar-refractivity contribution in [3.8, 4) is 0 Å². The van der Waals surface area contributed by atoms with Gasteiger partial charge in [-0.2, -0.15) is 0 Å². The van der Waals surface area contributed by atoms with Crippen molar-refractivity contribution >= 4 is 23.5 Å². The molecule has 35 heavy (non-hydrogen) atoms. The van der Waals surface area contributed by atoms with Crippen molar-refractivity contribution in [1.29, 1.82) is 0 Å². The van der Waals surface area contributed by atoms with Gasteiger partial charge in [-0.25, -0.2) is 4.98 Å². The Morgan fingerprint density at radius 2 is 2.03 bits per heavy atom. The van der Waals surface area contributed by atoms with E-state index in [9.17, 15) is 15.0 Å². The van der Waals surface area contributed by atoms with E-state index in [1.165, 1.54) is 19.3 Å². The number of aliphatic hydroxyl groups excluding tert-OH is 1. The standard InChI is InChI=1S/C26H39N5O3S/c1-2-19(17-24(32)33)7-6-13-29-23-11-10-22(25(34)30-20-8-4-3-5-9-20)26(31-23)35-16-12-21-18-27-14-15-28-21/h10-11,14-15,18-20,24,32-33H,2-9,12-13,16-17H2,1H3,(H,29,31)(H,30,34). The van der Waals surface area contributed by atoms with Crippen LogP contribution in [-0.2, 0) is 6.42 Å². The van der Waals surface area contributed by atoms with Crippen LogP contribution in [0.2, 0.25) is 0 Å². The van der Waals surface area contributed by atoms with Gasteiger partial charge in [0.2, 0.25) is 0 Å². The molecule has 2 heterocycles. The van der Waals surface area contributed by atoms with Crippen LogP contribution in [0.5, 0.6) is 0 Å². The van der Waals surface area contributed by atoms with E-state index in [0.717, 1.165) is 67.4 Å². The van der Waals surface area contributed by atoms with Crippen LogP contribution in [0.1, 0.15) is 80.8 Å². The molecule has 8 nitrogen and oxygen atoms in total. The normalized spacial score (nSPS) is 15.2. The third-order valence-corrected chi connectivity index (χ3v) is 7.47. The summed E-state index contributed by atoms with van der Waals surface area (Å²) in [6.45, 7) is 2.81. The van der Waals surface area contributed by atoms with Gasteiger partial charge < -0.3 is 20.8 Å². The van der Waals surface area contributed by atoms with Crippen molar-refractivity contribution in [3.05, 3.63) is 42.0 Å². The molecule has 0 spiro atoms. The predicted octanol–water partition coefficient (Wildman–Crippen LogP) is 4.19. The number of hydrogen-bond donors (Lipinski definition) is 4.